The highest BCUT2D eigenvalue weighted by Gasteiger charge is 2.25. The van der Waals surface area contributed by atoms with E-state index in [1.807, 2.05) is 0 Å². The molecule has 2 aromatic carbocycles. The molecule has 0 aromatic heterocycles. The van der Waals surface area contributed by atoms with Crippen LogP contribution in [0.5, 0.6) is 0 Å². The molecule has 1 atom stereocenters. The van der Waals surface area contributed by atoms with Gasteiger partial charge in [0.05, 0.1) is 0 Å². The largest absolute Gasteiger partial charge is 0.396 e. The quantitative estimate of drug-likeness (QED) is 0.791. The van der Waals surface area contributed by atoms with E-state index in [9.17, 15) is 21.6 Å². The predicted octanol–water partition coefficient (Wildman–Crippen LogP) is 2.51. The highest BCUT2D eigenvalue weighted by molar-refractivity contribution is 7.89. The van der Waals surface area contributed by atoms with Crippen molar-refractivity contribution < 1.29 is 26.7 Å². The molecule has 0 spiro atoms. The van der Waals surface area contributed by atoms with Crippen LogP contribution < -0.4 is 4.72 Å². The lowest BCUT2D eigenvalue weighted by molar-refractivity contribution is 0.272. The molecule has 8 heteroatoms. The molecule has 0 saturated heterocycles. The average Bonchev–Trinajstić information content (AvgIpc) is 2.51. The summed E-state index contributed by atoms with van der Waals surface area (Å²) in [5.74, 6) is -4.34. The Morgan fingerprint density at radius 1 is 1.00 bits per heavy atom. The van der Waals surface area contributed by atoms with E-state index in [1.165, 1.54) is 0 Å². The Morgan fingerprint density at radius 3 is 2.22 bits per heavy atom. The fraction of sp³-hybridized carbons (Fsp3) is 0.200. The van der Waals surface area contributed by atoms with E-state index in [4.69, 9.17) is 5.11 Å². The van der Waals surface area contributed by atoms with Gasteiger partial charge < -0.3 is 5.11 Å². The van der Waals surface area contributed by atoms with Gasteiger partial charge in [0.1, 0.15) is 10.7 Å². The first-order valence-electron chi connectivity index (χ1n) is 6.68. The van der Waals surface area contributed by atoms with Crippen molar-refractivity contribution >= 4 is 10.0 Å². The summed E-state index contributed by atoms with van der Waals surface area (Å²) in [6.45, 7) is -0.317. The van der Waals surface area contributed by atoms with Crippen LogP contribution in [0.25, 0.3) is 0 Å². The zero-order valence-corrected chi connectivity index (χ0v) is 12.7. The molecule has 0 aliphatic rings. The lowest BCUT2D eigenvalue weighted by Gasteiger charge is -2.18. The zero-order chi connectivity index (χ0) is 17.0. The number of halogens is 3. The summed E-state index contributed by atoms with van der Waals surface area (Å²) in [4.78, 5) is -0.990. The smallest absolute Gasteiger partial charge is 0.244 e. The topological polar surface area (TPSA) is 66.4 Å². The Hall–Kier alpha value is -1.90. The maximum atomic E-state index is 13.7. The van der Waals surface area contributed by atoms with Crippen molar-refractivity contribution in [3.05, 3.63) is 65.5 Å². The summed E-state index contributed by atoms with van der Waals surface area (Å²) in [6, 6.07) is 7.95. The van der Waals surface area contributed by atoms with Gasteiger partial charge in [0.2, 0.25) is 10.0 Å². The Bertz CT molecular complexity index is 782. The first-order chi connectivity index (χ1) is 10.8. The fourth-order valence-electron chi connectivity index (χ4n) is 2.07. The number of benzene rings is 2. The summed E-state index contributed by atoms with van der Waals surface area (Å²) >= 11 is 0. The standard InChI is InChI=1S/C15H14F3NO3S/c16-11-8-13(18)15(9-12(11)17)23(21,22)19-14(6-7-20)10-4-2-1-3-5-10/h1-5,8-9,14,19-20H,6-7H2/t14-/m1/s1. The van der Waals surface area contributed by atoms with E-state index in [2.05, 4.69) is 4.72 Å². The first kappa shape index (κ1) is 17.5. The molecular weight excluding hydrogens is 331 g/mol. The SMILES string of the molecule is O=S(=O)(N[C@H](CCO)c1ccccc1)c1cc(F)c(F)cc1F. The minimum atomic E-state index is -4.44. The van der Waals surface area contributed by atoms with Crippen molar-refractivity contribution in [3.63, 3.8) is 0 Å². The van der Waals surface area contributed by atoms with E-state index in [0.29, 0.717) is 5.56 Å². The predicted molar refractivity (Wildman–Crippen MR) is 77.5 cm³/mol. The van der Waals surface area contributed by atoms with Crippen molar-refractivity contribution in [2.75, 3.05) is 6.61 Å². The van der Waals surface area contributed by atoms with Crippen LogP contribution in [0.1, 0.15) is 18.0 Å². The summed E-state index contributed by atoms with van der Waals surface area (Å²) in [5, 5.41) is 9.08. The van der Waals surface area contributed by atoms with Crippen LogP contribution in [-0.2, 0) is 10.0 Å². The van der Waals surface area contributed by atoms with Crippen LogP contribution in [-0.4, -0.2) is 20.1 Å². The minimum Gasteiger partial charge on any atom is -0.396 e. The van der Waals surface area contributed by atoms with Gasteiger partial charge in [-0.3, -0.25) is 0 Å². The van der Waals surface area contributed by atoms with Crippen molar-refractivity contribution in [3.8, 4) is 0 Å². The molecule has 23 heavy (non-hydrogen) atoms. The number of aliphatic hydroxyl groups excluding tert-OH is 1. The summed E-state index contributed by atoms with van der Waals surface area (Å²) in [5.41, 5.74) is 0.549. The van der Waals surface area contributed by atoms with Gasteiger partial charge in [0.25, 0.3) is 0 Å². The maximum Gasteiger partial charge on any atom is 0.244 e. The number of hydrogen-bond acceptors (Lipinski definition) is 3. The molecule has 0 bridgehead atoms. The molecule has 2 aromatic rings. The summed E-state index contributed by atoms with van der Waals surface area (Å²) in [6.07, 6.45) is 0.0362. The van der Waals surface area contributed by atoms with Crippen molar-refractivity contribution in [1.82, 2.24) is 4.72 Å². The molecular formula is C15H14F3NO3S. The van der Waals surface area contributed by atoms with Crippen LogP contribution in [0.15, 0.2) is 47.4 Å². The first-order valence-corrected chi connectivity index (χ1v) is 8.16. The normalized spacial score (nSPS) is 13.0. The molecule has 0 radical (unpaired) electrons. The number of hydrogen-bond donors (Lipinski definition) is 2. The van der Waals surface area contributed by atoms with Gasteiger partial charge in [-0.15, -0.1) is 0 Å². The van der Waals surface area contributed by atoms with Crippen LogP contribution in [0.3, 0.4) is 0 Å². The van der Waals surface area contributed by atoms with E-state index in [0.717, 1.165) is 0 Å². The number of sulfonamides is 1. The third-order valence-corrected chi connectivity index (χ3v) is 4.67. The van der Waals surface area contributed by atoms with Gasteiger partial charge in [-0.05, 0) is 18.1 Å². The highest BCUT2D eigenvalue weighted by atomic mass is 32.2. The molecule has 2 rings (SSSR count). The molecule has 0 heterocycles. The molecule has 0 saturated carbocycles. The Morgan fingerprint density at radius 2 is 1.61 bits per heavy atom. The van der Waals surface area contributed by atoms with Crippen LogP contribution in [0.2, 0.25) is 0 Å². The molecule has 4 nitrogen and oxygen atoms in total. The second-order valence-electron chi connectivity index (χ2n) is 4.79. The van der Waals surface area contributed by atoms with E-state index < -0.39 is 38.4 Å². The molecule has 0 unspecified atom stereocenters. The third kappa shape index (κ3) is 4.10. The zero-order valence-electron chi connectivity index (χ0n) is 11.8. The van der Waals surface area contributed by atoms with Gasteiger partial charge in [-0.1, -0.05) is 30.3 Å². The maximum absolute atomic E-state index is 13.7. The Kier molecular flexibility index (Phi) is 5.40. The van der Waals surface area contributed by atoms with Gasteiger partial charge in [-0.25, -0.2) is 26.3 Å². The Balaban J connectivity index is 2.37. The van der Waals surface area contributed by atoms with Gasteiger partial charge in [-0.2, -0.15) is 0 Å². The van der Waals surface area contributed by atoms with E-state index >= 15 is 0 Å². The Labute approximate surface area is 131 Å². The molecule has 0 aliphatic carbocycles. The van der Waals surface area contributed by atoms with Crippen molar-refractivity contribution in [1.29, 1.82) is 0 Å². The molecule has 0 fully saturated rings. The number of rotatable bonds is 6. The lowest BCUT2D eigenvalue weighted by Crippen LogP contribution is -2.30. The van der Waals surface area contributed by atoms with Crippen LogP contribution >= 0.6 is 0 Å². The summed E-state index contributed by atoms with van der Waals surface area (Å²) < 4.78 is 66.6. The molecule has 124 valence electrons. The lowest BCUT2D eigenvalue weighted by atomic mass is 10.1. The second kappa shape index (κ2) is 7.12. The summed E-state index contributed by atoms with van der Waals surface area (Å²) in [7, 11) is -4.44. The number of aliphatic hydroxyl groups is 1. The van der Waals surface area contributed by atoms with E-state index in [1.54, 1.807) is 30.3 Å². The minimum absolute atomic E-state index is 0.0362. The van der Waals surface area contributed by atoms with Gasteiger partial charge >= 0.3 is 0 Å². The molecule has 2 N–H and O–H groups in total. The fourth-order valence-corrected chi connectivity index (χ4v) is 3.40. The van der Waals surface area contributed by atoms with Gasteiger partial charge in [0.15, 0.2) is 11.6 Å². The highest BCUT2D eigenvalue weighted by Crippen LogP contribution is 2.23. The molecule has 0 aliphatic heterocycles. The second-order valence-corrected chi connectivity index (χ2v) is 6.48. The van der Waals surface area contributed by atoms with Crippen molar-refractivity contribution in [2.24, 2.45) is 0 Å². The van der Waals surface area contributed by atoms with Crippen molar-refractivity contribution in [2.45, 2.75) is 17.4 Å². The monoisotopic (exact) mass is 345 g/mol. The van der Waals surface area contributed by atoms with Gasteiger partial charge in [0, 0.05) is 18.7 Å². The average molecular weight is 345 g/mol. The molecule has 0 amide bonds. The number of nitrogens with one attached hydrogen (secondary N) is 1. The third-order valence-electron chi connectivity index (χ3n) is 3.18. The van der Waals surface area contributed by atoms with E-state index in [-0.39, 0.29) is 25.2 Å². The van der Waals surface area contributed by atoms with Crippen LogP contribution in [0, 0.1) is 17.5 Å². The van der Waals surface area contributed by atoms with Crippen LogP contribution in [0.4, 0.5) is 13.2 Å².